The van der Waals surface area contributed by atoms with Gasteiger partial charge >= 0.3 is 5.97 Å². The number of carbonyl (C=O) groups is 1. The Morgan fingerprint density at radius 3 is 2.21 bits per heavy atom. The summed E-state index contributed by atoms with van der Waals surface area (Å²) < 4.78 is 0. The Balaban J connectivity index is 1.91. The summed E-state index contributed by atoms with van der Waals surface area (Å²) >= 11 is 0. The van der Waals surface area contributed by atoms with E-state index >= 15 is 0 Å². The molecular weight excluding hydrogens is 302 g/mol. The average molecular weight is 317 g/mol. The molecule has 1 aromatic heterocycles. The van der Waals surface area contributed by atoms with Crippen LogP contribution in [0.15, 0.2) is 84.1 Å². The Morgan fingerprint density at radius 1 is 0.875 bits per heavy atom. The molecule has 118 valence electrons. The number of rotatable bonds is 5. The van der Waals surface area contributed by atoms with Crippen molar-refractivity contribution in [1.82, 2.24) is 4.98 Å². The maximum absolute atomic E-state index is 10.9. The molecule has 0 spiro atoms. The lowest BCUT2D eigenvalue weighted by molar-refractivity contribution is 0.0697. The summed E-state index contributed by atoms with van der Waals surface area (Å²) in [4.78, 5) is 15.2. The first-order chi connectivity index (χ1) is 11.7. The van der Waals surface area contributed by atoms with Crippen molar-refractivity contribution in [1.29, 1.82) is 0 Å². The molecule has 3 aromatic rings. The number of hydrogen-bond donors (Lipinski definition) is 2. The quantitative estimate of drug-likeness (QED) is 0.556. The molecule has 0 aliphatic carbocycles. The highest BCUT2D eigenvalue weighted by Gasteiger charge is 2.08. The topological polar surface area (TPSA) is 74.6 Å². The van der Waals surface area contributed by atoms with Crippen LogP contribution >= 0.6 is 0 Å². The highest BCUT2D eigenvalue weighted by Crippen LogP contribution is 2.12. The fraction of sp³-hybridized carbons (Fsp3) is 0. The van der Waals surface area contributed by atoms with Gasteiger partial charge in [-0.25, -0.2) is 4.79 Å². The van der Waals surface area contributed by atoms with E-state index in [-0.39, 0.29) is 5.56 Å². The van der Waals surface area contributed by atoms with E-state index in [2.05, 4.69) is 15.5 Å². The van der Waals surface area contributed by atoms with E-state index in [1.165, 1.54) is 12.1 Å². The highest BCUT2D eigenvalue weighted by molar-refractivity contribution is 6.11. The van der Waals surface area contributed by atoms with Crippen LogP contribution in [-0.2, 0) is 0 Å². The van der Waals surface area contributed by atoms with Crippen LogP contribution in [0.5, 0.6) is 0 Å². The van der Waals surface area contributed by atoms with E-state index < -0.39 is 5.97 Å². The molecule has 2 aromatic carbocycles. The molecule has 0 unspecified atom stereocenters. The maximum atomic E-state index is 10.9. The van der Waals surface area contributed by atoms with Crippen molar-refractivity contribution in [2.75, 3.05) is 5.43 Å². The zero-order valence-electron chi connectivity index (χ0n) is 12.8. The highest BCUT2D eigenvalue weighted by atomic mass is 16.4. The summed E-state index contributed by atoms with van der Waals surface area (Å²) in [5, 5.41) is 13.4. The molecule has 0 fully saturated rings. The number of hydrazone groups is 1. The van der Waals surface area contributed by atoms with E-state index in [0.29, 0.717) is 11.4 Å². The van der Waals surface area contributed by atoms with Gasteiger partial charge in [0.05, 0.1) is 16.9 Å². The third-order valence-corrected chi connectivity index (χ3v) is 3.38. The van der Waals surface area contributed by atoms with Gasteiger partial charge in [0.2, 0.25) is 0 Å². The normalized spacial score (nSPS) is 11.1. The van der Waals surface area contributed by atoms with Gasteiger partial charge in [0.15, 0.2) is 0 Å². The number of nitrogens with zero attached hydrogens (tertiary/aromatic N) is 2. The molecule has 0 bridgehead atoms. The van der Waals surface area contributed by atoms with E-state index in [1.807, 2.05) is 48.5 Å². The van der Waals surface area contributed by atoms with Gasteiger partial charge in [0, 0.05) is 11.8 Å². The number of benzene rings is 2. The lowest BCUT2D eigenvalue weighted by atomic mass is 10.1. The van der Waals surface area contributed by atoms with Crippen LogP contribution < -0.4 is 5.43 Å². The summed E-state index contributed by atoms with van der Waals surface area (Å²) in [6, 6.07) is 21.8. The fourth-order valence-electron chi connectivity index (χ4n) is 2.18. The van der Waals surface area contributed by atoms with Crippen LogP contribution in [0, 0.1) is 0 Å². The Labute approximate surface area is 139 Å². The number of carboxylic acids is 1. The molecule has 5 heteroatoms. The largest absolute Gasteiger partial charge is 0.478 e. The summed E-state index contributed by atoms with van der Waals surface area (Å²) in [6.07, 6.45) is 1.72. The standard InChI is InChI=1S/C19H15N3O2/c23-19(24)15-9-11-16(12-10-15)21-22-18(14-6-2-1-3-7-14)17-8-4-5-13-20-17/h1-13,21H,(H,23,24). The van der Waals surface area contributed by atoms with E-state index in [0.717, 1.165) is 11.3 Å². The van der Waals surface area contributed by atoms with Gasteiger partial charge in [-0.3, -0.25) is 10.4 Å². The number of nitrogens with one attached hydrogen (secondary N) is 1. The van der Waals surface area contributed by atoms with Crippen LogP contribution in [0.4, 0.5) is 5.69 Å². The lowest BCUT2D eigenvalue weighted by Crippen LogP contribution is -2.08. The lowest BCUT2D eigenvalue weighted by Gasteiger charge is -2.08. The maximum Gasteiger partial charge on any atom is 0.335 e. The van der Waals surface area contributed by atoms with Crippen molar-refractivity contribution in [2.24, 2.45) is 5.10 Å². The first kappa shape index (κ1) is 15.4. The second kappa shape index (κ2) is 7.19. The number of pyridine rings is 1. The van der Waals surface area contributed by atoms with Crippen molar-refractivity contribution in [3.63, 3.8) is 0 Å². The molecule has 0 aliphatic heterocycles. The van der Waals surface area contributed by atoms with Crippen molar-refractivity contribution in [3.05, 3.63) is 95.8 Å². The van der Waals surface area contributed by atoms with Gasteiger partial charge in [-0.15, -0.1) is 0 Å². The molecule has 2 N–H and O–H groups in total. The molecule has 5 nitrogen and oxygen atoms in total. The molecule has 0 atom stereocenters. The number of carboxylic acid groups (broad SMARTS) is 1. The Hall–Kier alpha value is -3.47. The molecular formula is C19H15N3O2. The van der Waals surface area contributed by atoms with Gasteiger partial charge in [0.25, 0.3) is 0 Å². The van der Waals surface area contributed by atoms with Gasteiger partial charge in [-0.2, -0.15) is 5.10 Å². The van der Waals surface area contributed by atoms with Crippen molar-refractivity contribution >= 4 is 17.4 Å². The van der Waals surface area contributed by atoms with Gasteiger partial charge in [-0.1, -0.05) is 36.4 Å². The minimum Gasteiger partial charge on any atom is -0.478 e. The van der Waals surface area contributed by atoms with Crippen LogP contribution in [-0.4, -0.2) is 21.8 Å². The smallest absolute Gasteiger partial charge is 0.335 e. The predicted octanol–water partition coefficient (Wildman–Crippen LogP) is 3.64. The van der Waals surface area contributed by atoms with Crippen molar-refractivity contribution in [2.45, 2.75) is 0 Å². The minimum absolute atomic E-state index is 0.234. The van der Waals surface area contributed by atoms with Gasteiger partial charge in [0.1, 0.15) is 5.71 Å². The predicted molar refractivity (Wildman–Crippen MR) is 93.3 cm³/mol. The van der Waals surface area contributed by atoms with Crippen LogP contribution in [0.3, 0.4) is 0 Å². The molecule has 1 heterocycles. The van der Waals surface area contributed by atoms with Crippen molar-refractivity contribution in [3.8, 4) is 0 Å². The molecule has 3 rings (SSSR count). The van der Waals surface area contributed by atoms with Crippen LogP contribution in [0.1, 0.15) is 21.6 Å². The molecule has 0 saturated carbocycles. The third kappa shape index (κ3) is 3.64. The fourth-order valence-corrected chi connectivity index (χ4v) is 2.18. The van der Waals surface area contributed by atoms with Crippen LogP contribution in [0.2, 0.25) is 0 Å². The van der Waals surface area contributed by atoms with E-state index in [1.54, 1.807) is 18.3 Å². The Bertz CT molecular complexity index is 803. The van der Waals surface area contributed by atoms with Gasteiger partial charge < -0.3 is 5.11 Å². The first-order valence-corrected chi connectivity index (χ1v) is 7.38. The number of hydrogen-bond acceptors (Lipinski definition) is 4. The van der Waals surface area contributed by atoms with Crippen molar-refractivity contribution < 1.29 is 9.90 Å². The molecule has 0 radical (unpaired) electrons. The molecule has 0 saturated heterocycles. The third-order valence-electron chi connectivity index (χ3n) is 3.38. The SMILES string of the molecule is O=C(O)c1ccc(NN=C(c2ccccc2)c2ccccn2)cc1. The number of aromatic carboxylic acids is 1. The number of aromatic nitrogens is 1. The van der Waals surface area contributed by atoms with Crippen LogP contribution in [0.25, 0.3) is 0 Å². The molecule has 0 aliphatic rings. The zero-order valence-corrected chi connectivity index (χ0v) is 12.8. The summed E-state index contributed by atoms with van der Waals surface area (Å²) in [6.45, 7) is 0. The Kier molecular flexibility index (Phi) is 4.62. The molecule has 0 amide bonds. The van der Waals surface area contributed by atoms with E-state index in [9.17, 15) is 4.79 Å². The van der Waals surface area contributed by atoms with Gasteiger partial charge in [-0.05, 0) is 36.4 Å². The first-order valence-electron chi connectivity index (χ1n) is 7.38. The summed E-state index contributed by atoms with van der Waals surface area (Å²) in [7, 11) is 0. The second-order valence-electron chi connectivity index (χ2n) is 5.04. The monoisotopic (exact) mass is 317 g/mol. The second-order valence-corrected chi connectivity index (χ2v) is 5.04. The van der Waals surface area contributed by atoms with E-state index in [4.69, 9.17) is 5.11 Å². The average Bonchev–Trinajstić information content (AvgIpc) is 2.64. The molecule has 24 heavy (non-hydrogen) atoms. The summed E-state index contributed by atoms with van der Waals surface area (Å²) in [5.74, 6) is -0.955. The zero-order chi connectivity index (χ0) is 16.8. The summed E-state index contributed by atoms with van der Waals surface area (Å²) in [5.41, 5.74) is 6.29. The minimum atomic E-state index is -0.955. The number of anilines is 1. The Morgan fingerprint density at radius 2 is 1.58 bits per heavy atom.